The summed E-state index contributed by atoms with van der Waals surface area (Å²) < 4.78 is 9.78. The molecule has 0 saturated carbocycles. The number of hydrogen-bond donors (Lipinski definition) is 4. The van der Waals surface area contributed by atoms with Crippen molar-refractivity contribution in [3.63, 3.8) is 0 Å². The van der Waals surface area contributed by atoms with Crippen molar-refractivity contribution in [3.8, 4) is 0 Å². The highest BCUT2D eigenvalue weighted by atomic mass is 16.6. The number of nitrogens with zero attached hydrogens (tertiary/aromatic N) is 3. The fourth-order valence-electron chi connectivity index (χ4n) is 2.11. The number of aliphatic hydroxyl groups is 3. The summed E-state index contributed by atoms with van der Waals surface area (Å²) in [6.45, 7) is 0.413. The van der Waals surface area contributed by atoms with Crippen LogP contribution in [0.4, 0.5) is 0 Å². The Labute approximate surface area is 131 Å². The van der Waals surface area contributed by atoms with Crippen molar-refractivity contribution in [2.45, 2.75) is 37.3 Å². The minimum Gasteiger partial charge on any atom is -0.478 e. The standard InChI is InChI=1S/C12H18N4O7/c1-5(18)14-9-6(15-16-13)3-8(12(21)22-2)23-11(9)10(20)7(19)4-17/h3,6-7,9-11,17,19-20H,4H2,1-2H3,(H,14,18)/t6-,7+,9+,10+,11+/m1/s1. The summed E-state index contributed by atoms with van der Waals surface area (Å²) in [6.07, 6.45) is -3.47. The van der Waals surface area contributed by atoms with E-state index < -0.39 is 48.9 Å². The van der Waals surface area contributed by atoms with Gasteiger partial charge in [-0.05, 0) is 11.6 Å². The van der Waals surface area contributed by atoms with E-state index in [0.717, 1.165) is 13.2 Å². The lowest BCUT2D eigenvalue weighted by atomic mass is 9.92. The average molecular weight is 330 g/mol. The van der Waals surface area contributed by atoms with Crippen molar-refractivity contribution in [2.75, 3.05) is 13.7 Å². The molecule has 0 radical (unpaired) electrons. The molecule has 5 atom stereocenters. The highest BCUT2D eigenvalue weighted by Gasteiger charge is 2.43. The topological polar surface area (TPSA) is 174 Å². The van der Waals surface area contributed by atoms with Gasteiger partial charge in [-0.25, -0.2) is 4.79 Å². The summed E-state index contributed by atoms with van der Waals surface area (Å²) in [5, 5.41) is 34.5. The number of carbonyl (C=O) groups is 2. The number of amides is 1. The molecule has 1 heterocycles. The molecular formula is C12H18N4O7. The molecule has 0 saturated heterocycles. The molecule has 0 spiro atoms. The molecule has 0 bridgehead atoms. The molecular weight excluding hydrogens is 312 g/mol. The third kappa shape index (κ3) is 4.57. The molecule has 1 amide bonds. The largest absolute Gasteiger partial charge is 0.478 e. The second kappa shape index (κ2) is 8.34. The summed E-state index contributed by atoms with van der Waals surface area (Å²) >= 11 is 0. The van der Waals surface area contributed by atoms with Gasteiger partial charge in [-0.2, -0.15) is 0 Å². The SMILES string of the molecule is COC(=O)C1=C[C@@H](N=[N+]=[N-])[C@H](NC(C)=O)[C@@H]([C@@H](O)[C@@H](O)CO)O1. The Kier molecular flexibility index (Phi) is 6.79. The van der Waals surface area contributed by atoms with E-state index in [2.05, 4.69) is 20.1 Å². The van der Waals surface area contributed by atoms with Crippen molar-refractivity contribution in [1.29, 1.82) is 0 Å². The molecule has 1 rings (SSSR count). The van der Waals surface area contributed by atoms with Gasteiger partial charge >= 0.3 is 5.97 Å². The fraction of sp³-hybridized carbons (Fsp3) is 0.667. The number of azide groups is 1. The maximum absolute atomic E-state index is 11.6. The monoisotopic (exact) mass is 330 g/mol. The van der Waals surface area contributed by atoms with Crippen LogP contribution in [0, 0.1) is 0 Å². The Morgan fingerprint density at radius 2 is 2.22 bits per heavy atom. The zero-order valence-electron chi connectivity index (χ0n) is 12.5. The number of carbonyl (C=O) groups excluding carboxylic acids is 2. The van der Waals surface area contributed by atoms with Gasteiger partial charge in [-0.3, -0.25) is 4.79 Å². The van der Waals surface area contributed by atoms with E-state index in [4.69, 9.17) is 15.4 Å². The number of nitrogens with one attached hydrogen (secondary N) is 1. The summed E-state index contributed by atoms with van der Waals surface area (Å²) in [6, 6.07) is -2.13. The van der Waals surface area contributed by atoms with Crippen LogP contribution in [0.15, 0.2) is 16.9 Å². The molecule has 0 aromatic rings. The normalized spacial score (nSPS) is 26.0. The van der Waals surface area contributed by atoms with Crippen LogP contribution in [0.3, 0.4) is 0 Å². The van der Waals surface area contributed by atoms with Crippen molar-refractivity contribution >= 4 is 11.9 Å². The maximum atomic E-state index is 11.6. The van der Waals surface area contributed by atoms with Crippen LogP contribution in [0.2, 0.25) is 0 Å². The van der Waals surface area contributed by atoms with Crippen LogP contribution >= 0.6 is 0 Å². The highest BCUT2D eigenvalue weighted by Crippen LogP contribution is 2.25. The first-order valence-corrected chi connectivity index (χ1v) is 6.60. The van der Waals surface area contributed by atoms with Crippen LogP contribution in [-0.4, -0.2) is 71.3 Å². The van der Waals surface area contributed by atoms with Gasteiger partial charge in [0, 0.05) is 11.8 Å². The van der Waals surface area contributed by atoms with Crippen LogP contribution < -0.4 is 5.32 Å². The molecule has 23 heavy (non-hydrogen) atoms. The molecule has 0 aromatic carbocycles. The van der Waals surface area contributed by atoms with E-state index in [-0.39, 0.29) is 5.76 Å². The Morgan fingerprint density at radius 1 is 1.57 bits per heavy atom. The first kappa shape index (κ1) is 18.7. The van der Waals surface area contributed by atoms with Crippen molar-refractivity contribution in [2.24, 2.45) is 5.11 Å². The van der Waals surface area contributed by atoms with Crippen molar-refractivity contribution in [1.82, 2.24) is 5.32 Å². The van der Waals surface area contributed by atoms with E-state index in [1.165, 1.54) is 6.92 Å². The Bertz CT molecular complexity index is 532. The van der Waals surface area contributed by atoms with Crippen molar-refractivity contribution in [3.05, 3.63) is 22.3 Å². The van der Waals surface area contributed by atoms with Crippen LogP contribution in [0.25, 0.3) is 10.4 Å². The minimum atomic E-state index is -1.67. The minimum absolute atomic E-state index is 0.347. The Hall–Kier alpha value is -2.33. The molecule has 0 aromatic heterocycles. The highest BCUT2D eigenvalue weighted by molar-refractivity contribution is 5.86. The summed E-state index contributed by atoms with van der Waals surface area (Å²) in [5.41, 5.74) is 8.64. The number of rotatable bonds is 6. The molecule has 128 valence electrons. The number of aliphatic hydroxyl groups excluding tert-OH is 3. The molecule has 1 aliphatic rings. The first-order chi connectivity index (χ1) is 10.8. The summed E-state index contributed by atoms with van der Waals surface area (Å²) in [7, 11) is 1.10. The zero-order chi connectivity index (χ0) is 17.6. The van der Waals surface area contributed by atoms with Crippen LogP contribution in [-0.2, 0) is 19.1 Å². The lowest BCUT2D eigenvalue weighted by Crippen LogP contribution is -2.59. The Balaban J connectivity index is 3.26. The fourth-order valence-corrected chi connectivity index (χ4v) is 2.11. The smallest absolute Gasteiger partial charge is 0.372 e. The molecule has 11 nitrogen and oxygen atoms in total. The average Bonchev–Trinajstić information content (AvgIpc) is 2.53. The lowest BCUT2D eigenvalue weighted by Gasteiger charge is -2.38. The van der Waals surface area contributed by atoms with E-state index >= 15 is 0 Å². The molecule has 0 aliphatic carbocycles. The van der Waals surface area contributed by atoms with Crippen LogP contribution in [0.1, 0.15) is 6.92 Å². The lowest BCUT2D eigenvalue weighted by molar-refractivity contribution is -0.148. The molecule has 0 unspecified atom stereocenters. The molecule has 1 aliphatic heterocycles. The van der Waals surface area contributed by atoms with Gasteiger partial charge in [-0.15, -0.1) is 0 Å². The first-order valence-electron chi connectivity index (χ1n) is 6.60. The van der Waals surface area contributed by atoms with E-state index in [1.807, 2.05) is 0 Å². The number of hydrogen-bond acceptors (Lipinski definition) is 8. The third-order valence-corrected chi connectivity index (χ3v) is 3.17. The van der Waals surface area contributed by atoms with Gasteiger partial charge in [0.15, 0.2) is 0 Å². The van der Waals surface area contributed by atoms with E-state index in [0.29, 0.717) is 0 Å². The second-order valence-electron chi connectivity index (χ2n) is 4.77. The van der Waals surface area contributed by atoms with Crippen LogP contribution in [0.5, 0.6) is 0 Å². The number of ether oxygens (including phenoxy) is 2. The Morgan fingerprint density at radius 3 is 2.70 bits per heavy atom. The summed E-state index contributed by atoms with van der Waals surface area (Å²) in [4.78, 5) is 25.6. The molecule has 11 heteroatoms. The van der Waals surface area contributed by atoms with Gasteiger partial charge in [0.25, 0.3) is 0 Å². The quantitative estimate of drug-likeness (QED) is 0.195. The van der Waals surface area contributed by atoms with Gasteiger partial charge in [-0.1, -0.05) is 5.11 Å². The van der Waals surface area contributed by atoms with Gasteiger partial charge in [0.05, 0.1) is 25.8 Å². The predicted molar refractivity (Wildman–Crippen MR) is 74.6 cm³/mol. The van der Waals surface area contributed by atoms with Gasteiger partial charge in [0.2, 0.25) is 11.7 Å². The van der Waals surface area contributed by atoms with E-state index in [1.54, 1.807) is 0 Å². The molecule has 4 N–H and O–H groups in total. The number of methoxy groups -OCH3 is 1. The third-order valence-electron chi connectivity index (χ3n) is 3.17. The van der Waals surface area contributed by atoms with E-state index in [9.17, 15) is 19.8 Å². The second-order valence-corrected chi connectivity index (χ2v) is 4.77. The zero-order valence-corrected chi connectivity index (χ0v) is 12.5. The van der Waals surface area contributed by atoms with Gasteiger partial charge in [0.1, 0.15) is 18.3 Å². The predicted octanol–water partition coefficient (Wildman–Crippen LogP) is -1.66. The maximum Gasteiger partial charge on any atom is 0.372 e. The number of esters is 1. The molecule has 0 fully saturated rings. The van der Waals surface area contributed by atoms with Gasteiger partial charge < -0.3 is 30.1 Å². The summed E-state index contributed by atoms with van der Waals surface area (Å²) in [5.74, 6) is -1.75. The van der Waals surface area contributed by atoms with Crippen molar-refractivity contribution < 1.29 is 34.4 Å².